The lowest BCUT2D eigenvalue weighted by molar-refractivity contribution is -0.389. The van der Waals surface area contributed by atoms with E-state index in [9.17, 15) is 14.9 Å². The number of amides is 1. The lowest BCUT2D eigenvalue weighted by Gasteiger charge is -2.35. The summed E-state index contributed by atoms with van der Waals surface area (Å²) in [6.45, 7) is 6.71. The zero-order valence-corrected chi connectivity index (χ0v) is 17.2. The van der Waals surface area contributed by atoms with Crippen molar-refractivity contribution < 1.29 is 9.72 Å². The molecule has 8 nitrogen and oxygen atoms in total. The van der Waals surface area contributed by atoms with Gasteiger partial charge in [-0.2, -0.15) is 4.68 Å². The lowest BCUT2D eigenvalue weighted by atomic mass is 10.2. The van der Waals surface area contributed by atoms with Crippen molar-refractivity contribution in [2.75, 3.05) is 26.2 Å². The molecular formula is C18H21Cl2N5O3. The van der Waals surface area contributed by atoms with Gasteiger partial charge in [0.05, 0.1) is 16.9 Å². The molecule has 0 radical (unpaired) electrons. The first kappa shape index (κ1) is 20.6. The van der Waals surface area contributed by atoms with E-state index in [1.165, 1.54) is 10.7 Å². The summed E-state index contributed by atoms with van der Waals surface area (Å²) >= 11 is 12.2. The first-order chi connectivity index (χ1) is 13.3. The first-order valence-corrected chi connectivity index (χ1v) is 9.67. The Bertz CT molecular complexity index is 893. The van der Waals surface area contributed by atoms with Gasteiger partial charge in [0.15, 0.2) is 0 Å². The molecule has 1 aliphatic rings. The lowest BCUT2D eigenvalue weighted by Crippen LogP contribution is -2.50. The van der Waals surface area contributed by atoms with E-state index in [4.69, 9.17) is 23.2 Å². The van der Waals surface area contributed by atoms with Crippen LogP contribution in [0, 0.1) is 17.0 Å². The van der Waals surface area contributed by atoms with Crippen molar-refractivity contribution >= 4 is 34.9 Å². The van der Waals surface area contributed by atoms with E-state index < -0.39 is 11.0 Å². The van der Waals surface area contributed by atoms with Crippen LogP contribution < -0.4 is 0 Å². The van der Waals surface area contributed by atoms with E-state index in [0.29, 0.717) is 35.4 Å². The van der Waals surface area contributed by atoms with Gasteiger partial charge in [0.2, 0.25) is 5.91 Å². The number of piperazine rings is 1. The first-order valence-electron chi connectivity index (χ1n) is 8.92. The van der Waals surface area contributed by atoms with E-state index in [1.807, 2.05) is 12.1 Å². The topological polar surface area (TPSA) is 84.5 Å². The highest BCUT2D eigenvalue weighted by atomic mass is 35.5. The van der Waals surface area contributed by atoms with E-state index in [0.717, 1.165) is 18.7 Å². The number of aromatic nitrogens is 2. The van der Waals surface area contributed by atoms with E-state index in [-0.39, 0.29) is 11.7 Å². The zero-order chi connectivity index (χ0) is 20.4. The smallest absolute Gasteiger partial charge is 0.358 e. The van der Waals surface area contributed by atoms with Crippen LogP contribution in [0.1, 0.15) is 24.2 Å². The molecule has 10 heteroatoms. The predicted molar refractivity (Wildman–Crippen MR) is 107 cm³/mol. The maximum absolute atomic E-state index is 12.8. The molecule has 0 aliphatic carbocycles. The summed E-state index contributed by atoms with van der Waals surface area (Å²) in [5, 5.41) is 16.1. The third-order valence-electron chi connectivity index (χ3n) is 4.91. The Labute approximate surface area is 172 Å². The number of carbonyl (C=O) groups is 1. The Morgan fingerprint density at radius 1 is 1.25 bits per heavy atom. The Balaban J connectivity index is 1.59. The number of rotatable bonds is 5. The number of halogens is 2. The second-order valence-corrected chi connectivity index (χ2v) is 7.70. The summed E-state index contributed by atoms with van der Waals surface area (Å²) in [5.41, 5.74) is 1.59. The van der Waals surface area contributed by atoms with Gasteiger partial charge in [-0.15, -0.1) is 0 Å². The molecule has 3 rings (SSSR count). The van der Waals surface area contributed by atoms with Crippen molar-refractivity contribution in [3.8, 4) is 0 Å². The molecule has 1 fully saturated rings. The van der Waals surface area contributed by atoms with Gasteiger partial charge < -0.3 is 15.0 Å². The van der Waals surface area contributed by atoms with Crippen LogP contribution in [-0.2, 0) is 11.3 Å². The fourth-order valence-electron chi connectivity index (χ4n) is 3.34. The molecule has 0 bridgehead atoms. The van der Waals surface area contributed by atoms with Gasteiger partial charge in [0.1, 0.15) is 6.04 Å². The summed E-state index contributed by atoms with van der Waals surface area (Å²) in [6.07, 6.45) is 0. The Kier molecular flexibility index (Phi) is 6.22. The summed E-state index contributed by atoms with van der Waals surface area (Å²) in [4.78, 5) is 27.2. The minimum Gasteiger partial charge on any atom is -0.358 e. The number of hydrogen-bond acceptors (Lipinski definition) is 5. The quantitative estimate of drug-likeness (QED) is 0.541. The van der Waals surface area contributed by atoms with Crippen LogP contribution in [0.15, 0.2) is 24.3 Å². The third-order valence-corrected chi connectivity index (χ3v) is 5.50. The number of nitro groups is 1. The molecule has 2 heterocycles. The minimum atomic E-state index is -0.592. The molecule has 0 N–H and O–H groups in total. The van der Waals surface area contributed by atoms with Gasteiger partial charge in [-0.1, -0.05) is 29.3 Å². The second kappa shape index (κ2) is 8.46. The Morgan fingerprint density at radius 2 is 1.93 bits per heavy atom. The number of hydrogen-bond donors (Lipinski definition) is 0. The second-order valence-electron chi connectivity index (χ2n) is 6.86. The summed E-state index contributed by atoms with van der Waals surface area (Å²) < 4.78 is 1.42. The normalized spacial score (nSPS) is 16.2. The monoisotopic (exact) mass is 425 g/mol. The molecule has 1 aromatic heterocycles. The zero-order valence-electron chi connectivity index (χ0n) is 15.6. The van der Waals surface area contributed by atoms with Crippen molar-refractivity contribution in [2.24, 2.45) is 0 Å². The number of benzene rings is 1. The molecule has 1 saturated heterocycles. The van der Waals surface area contributed by atoms with Crippen molar-refractivity contribution in [1.29, 1.82) is 0 Å². The molecule has 1 unspecified atom stereocenters. The predicted octanol–water partition coefficient (Wildman–Crippen LogP) is 3.31. The largest absolute Gasteiger partial charge is 0.390 e. The van der Waals surface area contributed by atoms with Crippen LogP contribution in [0.3, 0.4) is 0 Å². The third kappa shape index (κ3) is 4.45. The van der Waals surface area contributed by atoms with E-state index >= 15 is 0 Å². The average molecular weight is 426 g/mol. The van der Waals surface area contributed by atoms with Crippen LogP contribution >= 0.6 is 23.2 Å². The molecule has 0 saturated carbocycles. The highest BCUT2D eigenvalue weighted by Gasteiger charge is 2.30. The van der Waals surface area contributed by atoms with Gasteiger partial charge in [-0.3, -0.25) is 9.69 Å². The van der Waals surface area contributed by atoms with Gasteiger partial charge >= 0.3 is 5.82 Å². The van der Waals surface area contributed by atoms with Crippen LogP contribution in [-0.4, -0.2) is 56.6 Å². The minimum absolute atomic E-state index is 0.0923. The van der Waals surface area contributed by atoms with Crippen LogP contribution in [0.5, 0.6) is 0 Å². The summed E-state index contributed by atoms with van der Waals surface area (Å²) in [6, 6.07) is 6.24. The molecule has 0 spiro atoms. The highest BCUT2D eigenvalue weighted by Crippen LogP contribution is 2.23. The molecular weight excluding hydrogens is 405 g/mol. The number of carbonyl (C=O) groups excluding carboxylic acids is 1. The van der Waals surface area contributed by atoms with Crippen molar-refractivity contribution in [2.45, 2.75) is 26.4 Å². The van der Waals surface area contributed by atoms with Gasteiger partial charge in [0.25, 0.3) is 0 Å². The Morgan fingerprint density at radius 3 is 2.50 bits per heavy atom. The molecule has 2 aromatic rings. The van der Waals surface area contributed by atoms with Crippen LogP contribution in [0.4, 0.5) is 5.82 Å². The number of aryl methyl sites for hydroxylation is 1. The van der Waals surface area contributed by atoms with Crippen molar-refractivity contribution in [1.82, 2.24) is 19.6 Å². The standard InChI is InChI=1S/C18H21Cl2N5O3/c1-12-9-17(25(27)28)21-24(12)13(2)18(26)23-7-5-22(6-8-23)11-14-3-4-15(19)10-16(14)20/h3-4,9-10,13H,5-8,11H2,1-2H3. The summed E-state index contributed by atoms with van der Waals surface area (Å²) in [5.74, 6) is -0.341. The fraction of sp³-hybridized carbons (Fsp3) is 0.444. The number of nitrogens with zero attached hydrogens (tertiary/aromatic N) is 5. The average Bonchev–Trinajstić information content (AvgIpc) is 3.05. The van der Waals surface area contributed by atoms with Crippen LogP contribution in [0.25, 0.3) is 0 Å². The molecule has 1 atom stereocenters. The van der Waals surface area contributed by atoms with E-state index in [1.54, 1.807) is 24.8 Å². The molecule has 1 amide bonds. The Hall–Kier alpha value is -2.16. The maximum atomic E-state index is 12.8. The van der Waals surface area contributed by atoms with Crippen LogP contribution in [0.2, 0.25) is 10.0 Å². The molecule has 28 heavy (non-hydrogen) atoms. The van der Waals surface area contributed by atoms with Crippen molar-refractivity contribution in [3.63, 3.8) is 0 Å². The maximum Gasteiger partial charge on any atom is 0.390 e. The fourth-order valence-corrected chi connectivity index (χ4v) is 3.81. The molecule has 1 aromatic carbocycles. The van der Waals surface area contributed by atoms with Gasteiger partial charge in [0, 0.05) is 42.8 Å². The SMILES string of the molecule is Cc1cc([N+](=O)[O-])nn1C(C)C(=O)N1CCN(Cc2ccc(Cl)cc2Cl)CC1. The van der Waals surface area contributed by atoms with Crippen molar-refractivity contribution in [3.05, 3.63) is 55.7 Å². The van der Waals surface area contributed by atoms with Gasteiger partial charge in [-0.05, 0) is 36.5 Å². The molecule has 150 valence electrons. The highest BCUT2D eigenvalue weighted by molar-refractivity contribution is 6.35. The van der Waals surface area contributed by atoms with Gasteiger partial charge in [-0.25, -0.2) is 0 Å². The molecule has 1 aliphatic heterocycles. The summed E-state index contributed by atoms with van der Waals surface area (Å²) in [7, 11) is 0. The van der Waals surface area contributed by atoms with E-state index in [2.05, 4.69) is 10.00 Å².